The van der Waals surface area contributed by atoms with Gasteiger partial charge in [0.25, 0.3) is 0 Å². The molecule has 4 aliphatic heterocycles. The number of amides is 1. The van der Waals surface area contributed by atoms with E-state index in [1.54, 1.807) is 18.7 Å². The van der Waals surface area contributed by atoms with Crippen molar-refractivity contribution >= 4 is 23.6 Å². The molecule has 5 rings (SSSR count). The number of nitrogens with zero attached hydrogens (tertiary/aromatic N) is 3. The number of aromatic nitrogens is 2. The van der Waals surface area contributed by atoms with Gasteiger partial charge in [0.15, 0.2) is 12.7 Å². The smallest absolute Gasteiger partial charge is 0.353 e. The maximum Gasteiger partial charge on any atom is 0.353 e. The number of aryl methyl sites for hydroxylation is 2. The molecular weight excluding hydrogens is 404 g/mol. The van der Waals surface area contributed by atoms with Crippen molar-refractivity contribution in [1.82, 2.24) is 14.9 Å². The van der Waals surface area contributed by atoms with Crippen molar-refractivity contribution in [1.29, 1.82) is 0 Å². The summed E-state index contributed by atoms with van der Waals surface area (Å²) in [5.74, 6) is -1.89. The van der Waals surface area contributed by atoms with E-state index < -0.39 is 18.0 Å². The van der Waals surface area contributed by atoms with E-state index in [9.17, 15) is 19.8 Å². The zero-order valence-electron chi connectivity index (χ0n) is 17.3. The number of aliphatic hydroxyl groups excluding tert-OH is 1. The van der Waals surface area contributed by atoms with Gasteiger partial charge in [0.2, 0.25) is 5.91 Å². The number of hydrogen-bond donors (Lipinski definition) is 3. The lowest BCUT2D eigenvalue weighted by atomic mass is 9.79. The lowest BCUT2D eigenvalue weighted by molar-refractivity contribution is -0.757. The average Bonchev–Trinajstić information content (AvgIpc) is 3.40. The summed E-state index contributed by atoms with van der Waals surface area (Å²) in [5, 5.41) is 23.7. The van der Waals surface area contributed by atoms with Crippen LogP contribution in [0.1, 0.15) is 32.3 Å². The van der Waals surface area contributed by atoms with E-state index >= 15 is 0 Å². The molecule has 6 atom stereocenters. The third-order valence-electron chi connectivity index (χ3n) is 7.00. The third-order valence-corrected chi connectivity index (χ3v) is 8.51. The molecule has 162 valence electrons. The fraction of sp³-hybridized carbons (Fsp3) is 0.667. The van der Waals surface area contributed by atoms with Crippen molar-refractivity contribution in [2.45, 2.75) is 69.6 Å². The summed E-state index contributed by atoms with van der Waals surface area (Å²) in [5.41, 5.74) is 1.47. The van der Waals surface area contributed by atoms with Crippen LogP contribution in [-0.4, -0.2) is 61.7 Å². The highest BCUT2D eigenvalue weighted by Gasteiger charge is 2.60. The number of fused-ring (bicyclic) bond motifs is 2. The molecule has 1 aromatic heterocycles. The minimum absolute atomic E-state index is 0.0664. The molecule has 0 unspecified atom stereocenters. The quantitative estimate of drug-likeness (QED) is 0.442. The molecule has 2 saturated heterocycles. The second-order valence-electron chi connectivity index (χ2n) is 9.07. The van der Waals surface area contributed by atoms with Crippen LogP contribution in [0.5, 0.6) is 0 Å². The number of carbonyl (C=O) groups is 2. The summed E-state index contributed by atoms with van der Waals surface area (Å²) in [4.78, 5) is 26.7. The van der Waals surface area contributed by atoms with Gasteiger partial charge in [-0.3, -0.25) is 4.79 Å². The van der Waals surface area contributed by atoms with Crippen LogP contribution in [-0.2, 0) is 29.1 Å². The van der Waals surface area contributed by atoms with E-state index in [-0.39, 0.29) is 28.8 Å². The monoisotopic (exact) mass is 433 g/mol. The van der Waals surface area contributed by atoms with Crippen molar-refractivity contribution in [2.75, 3.05) is 6.54 Å². The summed E-state index contributed by atoms with van der Waals surface area (Å²) in [6.07, 6.45) is 6.87. The van der Waals surface area contributed by atoms with Gasteiger partial charge < -0.3 is 20.4 Å². The Morgan fingerprint density at radius 1 is 1.47 bits per heavy atom. The number of aliphatic carboxylic acids is 1. The van der Waals surface area contributed by atoms with Crippen LogP contribution in [0.4, 0.5) is 0 Å². The summed E-state index contributed by atoms with van der Waals surface area (Å²) in [6, 6.07) is 0.137. The molecule has 1 amide bonds. The maximum absolute atomic E-state index is 12.5. The van der Waals surface area contributed by atoms with Gasteiger partial charge in [0.1, 0.15) is 5.70 Å². The molecule has 4 aliphatic rings. The number of carbonyl (C=O) groups excluding carboxylic acids is 1. The van der Waals surface area contributed by atoms with Crippen molar-refractivity contribution in [3.8, 4) is 0 Å². The van der Waals surface area contributed by atoms with Gasteiger partial charge >= 0.3 is 5.97 Å². The molecule has 30 heavy (non-hydrogen) atoms. The summed E-state index contributed by atoms with van der Waals surface area (Å²) >= 11 is 1.61. The Labute approximate surface area is 179 Å². The van der Waals surface area contributed by atoms with Crippen molar-refractivity contribution < 1.29 is 24.5 Å². The van der Waals surface area contributed by atoms with Gasteiger partial charge in [-0.05, 0) is 19.8 Å². The minimum Gasteiger partial charge on any atom is -0.477 e. The maximum atomic E-state index is 12.5. The van der Waals surface area contributed by atoms with E-state index in [1.807, 2.05) is 6.92 Å². The molecule has 0 bridgehead atoms. The molecule has 0 saturated carbocycles. The highest BCUT2D eigenvalue weighted by molar-refractivity contribution is 8.03. The second-order valence-corrected chi connectivity index (χ2v) is 10.4. The van der Waals surface area contributed by atoms with E-state index in [0.717, 1.165) is 37.4 Å². The first kappa shape index (κ1) is 20.1. The van der Waals surface area contributed by atoms with Crippen LogP contribution in [0.15, 0.2) is 23.0 Å². The first-order valence-electron chi connectivity index (χ1n) is 10.8. The highest BCUT2D eigenvalue weighted by Crippen LogP contribution is 2.51. The fourth-order valence-corrected chi connectivity index (χ4v) is 7.14. The number of rotatable bonds is 6. The Morgan fingerprint density at radius 2 is 2.27 bits per heavy atom. The Morgan fingerprint density at radius 3 is 2.97 bits per heavy atom. The molecule has 0 aliphatic carbocycles. The molecule has 0 spiro atoms. The van der Waals surface area contributed by atoms with Crippen LogP contribution < -0.4 is 10.00 Å². The van der Waals surface area contributed by atoms with E-state index in [2.05, 4.69) is 27.1 Å². The predicted octanol–water partition coefficient (Wildman–Crippen LogP) is 0.339. The zero-order chi connectivity index (χ0) is 21.2. The number of β-lactam (4-membered cyclic amide) rings is 1. The van der Waals surface area contributed by atoms with Gasteiger partial charge in [0.05, 0.1) is 30.8 Å². The van der Waals surface area contributed by atoms with Crippen LogP contribution in [0.2, 0.25) is 0 Å². The zero-order valence-corrected chi connectivity index (χ0v) is 18.1. The molecule has 1 aromatic rings. The van der Waals surface area contributed by atoms with Crippen LogP contribution in [0.25, 0.3) is 0 Å². The number of nitrogens with one attached hydrogen (secondary N) is 1. The van der Waals surface area contributed by atoms with Crippen LogP contribution >= 0.6 is 11.8 Å². The standard InChI is InChI=1S/C21H28N4O4S/c1-11-17-16(12(2)26)20(27)25(17)18(21(28)29)19(11)30-15-7-14(22-8-15)6-13-9-23-4-3-5-24(23)10-13/h9-12,14-17,22,26H,3-8H2,1-2H3/p+1/t11-,12-,14-,15+,16-,17-/m1/s1. The lowest BCUT2D eigenvalue weighted by Gasteiger charge is -2.46. The number of carboxylic acid groups (broad SMARTS) is 1. The Kier molecular flexibility index (Phi) is 4.95. The number of thioether (sulfide) groups is 1. The molecule has 8 nitrogen and oxygen atoms in total. The predicted molar refractivity (Wildman–Crippen MR) is 110 cm³/mol. The highest BCUT2D eigenvalue weighted by atomic mass is 32.2. The average molecular weight is 434 g/mol. The van der Waals surface area contributed by atoms with Gasteiger partial charge in [-0.1, -0.05) is 6.92 Å². The first-order chi connectivity index (χ1) is 14.3. The molecule has 3 N–H and O–H groups in total. The van der Waals surface area contributed by atoms with Gasteiger partial charge in [-0.2, -0.15) is 4.68 Å². The normalized spacial score (nSPS) is 33.6. The molecule has 0 radical (unpaired) electrons. The number of hydrogen-bond acceptors (Lipinski definition) is 5. The van der Waals surface area contributed by atoms with E-state index in [1.165, 1.54) is 16.9 Å². The van der Waals surface area contributed by atoms with Crippen LogP contribution in [0.3, 0.4) is 0 Å². The fourth-order valence-electron chi connectivity index (χ4n) is 5.62. The minimum atomic E-state index is -1.05. The van der Waals surface area contributed by atoms with Crippen molar-refractivity contribution in [3.63, 3.8) is 0 Å². The SMILES string of the molecule is C[C@@H](O)[C@H]1C(=O)N2C(C(=O)O)=C(S[C@@H]3CN[C@H](Cc4cn5[n+](c4)CCC5)C3)[C@H](C)[C@H]12. The summed E-state index contributed by atoms with van der Waals surface area (Å²) in [7, 11) is 0. The molecule has 5 heterocycles. The number of carboxylic acids is 1. The summed E-state index contributed by atoms with van der Waals surface area (Å²) in [6.45, 7) is 6.60. The van der Waals surface area contributed by atoms with E-state index in [0.29, 0.717) is 6.04 Å². The molecule has 9 heteroatoms. The largest absolute Gasteiger partial charge is 0.477 e. The molecule has 0 aromatic carbocycles. The second kappa shape index (κ2) is 7.39. The molecular formula is C21H29N4O4S+. The lowest BCUT2D eigenvalue weighted by Crippen LogP contribution is -2.63. The Hall–Kier alpha value is -1.84. The molecule has 2 fully saturated rings. The Bertz CT molecular complexity index is 905. The van der Waals surface area contributed by atoms with Gasteiger partial charge in [-0.25, -0.2) is 4.79 Å². The third kappa shape index (κ3) is 3.09. The van der Waals surface area contributed by atoms with Crippen molar-refractivity contribution in [3.05, 3.63) is 28.6 Å². The van der Waals surface area contributed by atoms with Gasteiger partial charge in [0, 0.05) is 40.6 Å². The topological polar surface area (TPSA) is 98.7 Å². The number of aliphatic hydroxyl groups is 1. The van der Waals surface area contributed by atoms with Gasteiger partial charge in [-0.15, -0.1) is 16.4 Å². The van der Waals surface area contributed by atoms with Crippen molar-refractivity contribution in [2.24, 2.45) is 11.8 Å². The van der Waals surface area contributed by atoms with Crippen LogP contribution in [0, 0.1) is 11.8 Å². The summed E-state index contributed by atoms with van der Waals surface area (Å²) < 4.78 is 4.56. The first-order valence-corrected chi connectivity index (χ1v) is 11.7. The van der Waals surface area contributed by atoms with E-state index in [4.69, 9.17) is 0 Å². The Balaban J connectivity index is 1.27.